The van der Waals surface area contributed by atoms with Crippen LogP contribution in [0.2, 0.25) is 0 Å². The summed E-state index contributed by atoms with van der Waals surface area (Å²) in [5.41, 5.74) is 2.97. The minimum absolute atomic E-state index is 0.0169. The summed E-state index contributed by atoms with van der Waals surface area (Å²) in [5.74, 6) is 0.0169. The van der Waals surface area contributed by atoms with E-state index in [0.29, 0.717) is 16.6 Å². The molecular weight excluding hydrogens is 264 g/mol. The third-order valence-electron chi connectivity index (χ3n) is 3.25. The molecular formula is C17H14N2O2. The summed E-state index contributed by atoms with van der Waals surface area (Å²) in [5, 5.41) is 10.1. The zero-order valence-corrected chi connectivity index (χ0v) is 11.5. The van der Waals surface area contributed by atoms with E-state index in [1.807, 2.05) is 37.3 Å². The fraction of sp³-hybridized carbons (Fsp3) is 0.0588. The molecule has 21 heavy (non-hydrogen) atoms. The first kappa shape index (κ1) is 13.1. The Bertz CT molecular complexity index is 877. The molecule has 0 atom stereocenters. The molecule has 0 bridgehead atoms. The topological polar surface area (TPSA) is 66.0 Å². The van der Waals surface area contributed by atoms with E-state index < -0.39 is 0 Å². The van der Waals surface area contributed by atoms with Crippen LogP contribution in [0.4, 0.5) is 0 Å². The van der Waals surface area contributed by atoms with Crippen LogP contribution < -0.4 is 5.56 Å². The van der Waals surface area contributed by atoms with E-state index in [4.69, 9.17) is 0 Å². The standard InChI is InChI=1S/C17H14N2O2/c1-11-6-8-12(9-7-11)16(20)10-15-17(21)19-14-5-3-2-4-13(14)18-15/h2-10,20H,1H3,(H,19,21)/b16-10-. The Morgan fingerprint density at radius 1 is 1.14 bits per heavy atom. The first-order valence-electron chi connectivity index (χ1n) is 6.60. The van der Waals surface area contributed by atoms with E-state index in [2.05, 4.69) is 9.97 Å². The highest BCUT2D eigenvalue weighted by atomic mass is 16.3. The number of hydrogen-bond acceptors (Lipinski definition) is 3. The summed E-state index contributed by atoms with van der Waals surface area (Å²) in [6.45, 7) is 1.97. The molecule has 0 amide bonds. The molecule has 0 aliphatic heterocycles. The van der Waals surface area contributed by atoms with Gasteiger partial charge in [0.15, 0.2) is 0 Å². The van der Waals surface area contributed by atoms with E-state index in [1.165, 1.54) is 6.08 Å². The monoisotopic (exact) mass is 278 g/mol. The van der Waals surface area contributed by atoms with Gasteiger partial charge in [-0.05, 0) is 19.1 Å². The minimum atomic E-state index is -0.327. The van der Waals surface area contributed by atoms with Gasteiger partial charge in [-0.15, -0.1) is 0 Å². The van der Waals surface area contributed by atoms with Crippen LogP contribution in [-0.2, 0) is 0 Å². The van der Waals surface area contributed by atoms with Crippen LogP contribution in [0.25, 0.3) is 22.9 Å². The number of aliphatic hydroxyl groups is 1. The zero-order valence-electron chi connectivity index (χ0n) is 11.5. The van der Waals surface area contributed by atoms with Crippen molar-refractivity contribution in [1.82, 2.24) is 9.97 Å². The average molecular weight is 278 g/mol. The number of aromatic amines is 1. The van der Waals surface area contributed by atoms with Gasteiger partial charge in [-0.1, -0.05) is 42.0 Å². The molecule has 104 valence electrons. The molecule has 0 saturated carbocycles. The van der Waals surface area contributed by atoms with Gasteiger partial charge in [0.1, 0.15) is 11.5 Å². The van der Waals surface area contributed by atoms with Gasteiger partial charge < -0.3 is 10.1 Å². The molecule has 0 fully saturated rings. The van der Waals surface area contributed by atoms with Crippen LogP contribution in [0, 0.1) is 6.92 Å². The second kappa shape index (κ2) is 5.25. The van der Waals surface area contributed by atoms with Crippen LogP contribution in [-0.4, -0.2) is 15.1 Å². The maximum absolute atomic E-state index is 12.0. The Balaban J connectivity index is 2.07. The first-order chi connectivity index (χ1) is 10.1. The Labute approximate surface area is 121 Å². The number of nitrogens with zero attached hydrogens (tertiary/aromatic N) is 1. The molecule has 4 nitrogen and oxygen atoms in total. The second-order valence-electron chi connectivity index (χ2n) is 4.86. The Morgan fingerprint density at radius 3 is 2.62 bits per heavy atom. The van der Waals surface area contributed by atoms with Gasteiger partial charge in [0, 0.05) is 11.6 Å². The Hall–Kier alpha value is -2.88. The maximum atomic E-state index is 12.0. The van der Waals surface area contributed by atoms with Gasteiger partial charge in [-0.2, -0.15) is 0 Å². The maximum Gasteiger partial charge on any atom is 0.274 e. The smallest absolute Gasteiger partial charge is 0.274 e. The van der Waals surface area contributed by atoms with Crippen molar-refractivity contribution in [2.75, 3.05) is 0 Å². The number of aliphatic hydroxyl groups excluding tert-OH is 1. The van der Waals surface area contributed by atoms with E-state index in [9.17, 15) is 9.90 Å². The molecule has 1 aromatic heterocycles. The number of fused-ring (bicyclic) bond motifs is 1. The predicted molar refractivity (Wildman–Crippen MR) is 84.0 cm³/mol. The zero-order chi connectivity index (χ0) is 14.8. The van der Waals surface area contributed by atoms with E-state index >= 15 is 0 Å². The molecule has 0 unspecified atom stereocenters. The number of H-pyrrole nitrogens is 1. The lowest BCUT2D eigenvalue weighted by Gasteiger charge is -2.02. The summed E-state index contributed by atoms with van der Waals surface area (Å²) in [6, 6.07) is 14.7. The van der Waals surface area contributed by atoms with Gasteiger partial charge in [0.2, 0.25) is 0 Å². The van der Waals surface area contributed by atoms with Crippen molar-refractivity contribution < 1.29 is 5.11 Å². The molecule has 0 aliphatic rings. The Morgan fingerprint density at radius 2 is 1.86 bits per heavy atom. The average Bonchev–Trinajstić information content (AvgIpc) is 2.48. The van der Waals surface area contributed by atoms with Gasteiger partial charge in [-0.3, -0.25) is 4.79 Å². The lowest BCUT2D eigenvalue weighted by atomic mass is 10.1. The van der Waals surface area contributed by atoms with Gasteiger partial charge in [0.05, 0.1) is 11.0 Å². The SMILES string of the molecule is Cc1ccc(/C(O)=C/c2nc3ccccc3[nH]c2=O)cc1. The molecule has 0 radical (unpaired) electrons. The van der Waals surface area contributed by atoms with E-state index in [1.54, 1.807) is 18.2 Å². The predicted octanol–water partition coefficient (Wildman–Crippen LogP) is 3.29. The molecule has 1 heterocycles. The van der Waals surface area contributed by atoms with Crippen molar-refractivity contribution in [3.63, 3.8) is 0 Å². The van der Waals surface area contributed by atoms with Gasteiger partial charge in [0.25, 0.3) is 5.56 Å². The van der Waals surface area contributed by atoms with Crippen LogP contribution in [0.5, 0.6) is 0 Å². The fourth-order valence-electron chi connectivity index (χ4n) is 2.08. The second-order valence-corrected chi connectivity index (χ2v) is 4.86. The molecule has 2 N–H and O–H groups in total. The molecule has 0 saturated heterocycles. The van der Waals surface area contributed by atoms with Crippen molar-refractivity contribution >= 4 is 22.9 Å². The summed E-state index contributed by atoms with van der Waals surface area (Å²) in [4.78, 5) is 19.0. The van der Waals surface area contributed by atoms with Crippen LogP contribution in [0.3, 0.4) is 0 Å². The normalized spacial score (nSPS) is 11.8. The number of para-hydroxylation sites is 2. The summed E-state index contributed by atoms with van der Waals surface area (Å²) < 4.78 is 0. The molecule has 0 spiro atoms. The summed E-state index contributed by atoms with van der Waals surface area (Å²) in [7, 11) is 0. The molecule has 0 aliphatic carbocycles. The highest BCUT2D eigenvalue weighted by Gasteiger charge is 2.05. The molecule has 4 heteroatoms. The largest absolute Gasteiger partial charge is 0.507 e. The van der Waals surface area contributed by atoms with Crippen LogP contribution >= 0.6 is 0 Å². The highest BCUT2D eigenvalue weighted by molar-refractivity contribution is 5.79. The number of nitrogens with one attached hydrogen (secondary N) is 1. The van der Waals surface area contributed by atoms with Crippen molar-refractivity contribution in [3.05, 3.63) is 75.7 Å². The number of rotatable bonds is 2. The molecule has 2 aromatic carbocycles. The Kier molecular flexibility index (Phi) is 3.28. The minimum Gasteiger partial charge on any atom is -0.507 e. The van der Waals surface area contributed by atoms with E-state index in [-0.39, 0.29) is 17.0 Å². The van der Waals surface area contributed by atoms with Crippen molar-refractivity contribution in [3.8, 4) is 0 Å². The highest BCUT2D eigenvalue weighted by Crippen LogP contribution is 2.15. The molecule has 3 aromatic rings. The quantitative estimate of drug-likeness (QED) is 0.707. The lowest BCUT2D eigenvalue weighted by molar-refractivity contribution is 0.515. The number of hydrogen-bond donors (Lipinski definition) is 2. The van der Waals surface area contributed by atoms with Crippen molar-refractivity contribution in [2.45, 2.75) is 6.92 Å². The summed E-state index contributed by atoms with van der Waals surface area (Å²) >= 11 is 0. The fourth-order valence-corrected chi connectivity index (χ4v) is 2.08. The third kappa shape index (κ3) is 2.69. The lowest BCUT2D eigenvalue weighted by Crippen LogP contribution is -2.12. The first-order valence-corrected chi connectivity index (χ1v) is 6.60. The summed E-state index contributed by atoms with van der Waals surface area (Å²) in [6.07, 6.45) is 1.38. The molecule has 3 rings (SSSR count). The van der Waals surface area contributed by atoms with Crippen molar-refractivity contribution in [2.24, 2.45) is 0 Å². The van der Waals surface area contributed by atoms with Crippen LogP contribution in [0.15, 0.2) is 53.3 Å². The number of benzene rings is 2. The van der Waals surface area contributed by atoms with E-state index in [0.717, 1.165) is 5.56 Å². The van der Waals surface area contributed by atoms with Gasteiger partial charge >= 0.3 is 0 Å². The number of aryl methyl sites for hydroxylation is 1. The number of aromatic nitrogens is 2. The third-order valence-corrected chi connectivity index (χ3v) is 3.25. The van der Waals surface area contributed by atoms with Gasteiger partial charge in [-0.25, -0.2) is 4.98 Å². The van der Waals surface area contributed by atoms with Crippen molar-refractivity contribution in [1.29, 1.82) is 0 Å². The van der Waals surface area contributed by atoms with Crippen LogP contribution in [0.1, 0.15) is 16.8 Å².